The normalized spacial score (nSPS) is 10.0. The summed E-state index contributed by atoms with van der Waals surface area (Å²) in [7, 11) is 0. The van der Waals surface area contributed by atoms with Gasteiger partial charge in [0.15, 0.2) is 11.5 Å². The average molecular weight is 219 g/mol. The number of nitrogens with one attached hydrogen (secondary N) is 2. The van der Waals surface area contributed by atoms with Crippen LogP contribution in [0.4, 0.5) is 5.69 Å². The topological polar surface area (TPSA) is 122 Å². The zero-order chi connectivity index (χ0) is 11.4. The van der Waals surface area contributed by atoms with E-state index in [-0.39, 0.29) is 18.1 Å². The number of hydrogen-bond donors (Lipinski definition) is 3. The van der Waals surface area contributed by atoms with E-state index in [1.807, 2.05) is 0 Å². The van der Waals surface area contributed by atoms with Crippen molar-refractivity contribution in [3.05, 3.63) is 29.8 Å². The molecule has 0 aliphatic rings. The molecule has 2 rings (SSSR count). The van der Waals surface area contributed by atoms with E-state index in [9.17, 15) is 4.79 Å². The first kappa shape index (κ1) is 10.0. The smallest absolute Gasteiger partial charge is 0.272 e. The summed E-state index contributed by atoms with van der Waals surface area (Å²) in [6.07, 6.45) is 1.50. The Kier molecular flexibility index (Phi) is 2.72. The lowest BCUT2D eigenvalue weighted by atomic mass is 10.3. The predicted octanol–water partition coefficient (Wildman–Crippen LogP) is -0.893. The van der Waals surface area contributed by atoms with Crippen LogP contribution in [0.3, 0.4) is 0 Å². The third-order valence-corrected chi connectivity index (χ3v) is 1.85. The van der Waals surface area contributed by atoms with Crippen molar-refractivity contribution < 1.29 is 4.79 Å². The summed E-state index contributed by atoms with van der Waals surface area (Å²) in [4.78, 5) is 15.5. The largest absolute Gasteiger partial charge is 0.397 e. The molecule has 0 fully saturated rings. The van der Waals surface area contributed by atoms with Gasteiger partial charge in [-0.2, -0.15) is 5.21 Å². The molecule has 0 aromatic carbocycles. The van der Waals surface area contributed by atoms with Crippen LogP contribution in [-0.2, 0) is 6.54 Å². The number of carbonyl (C=O) groups is 1. The number of amides is 1. The first-order valence-electron chi connectivity index (χ1n) is 4.48. The molecule has 0 saturated heterocycles. The molecule has 82 valence electrons. The number of nitrogen functional groups attached to an aromatic ring is 1. The SMILES string of the molecule is Nc1cccnc1C(=O)NCc1nn[nH]n1. The van der Waals surface area contributed by atoms with Crippen molar-refractivity contribution in [2.24, 2.45) is 0 Å². The van der Waals surface area contributed by atoms with Crippen LogP contribution < -0.4 is 11.1 Å². The van der Waals surface area contributed by atoms with Gasteiger partial charge in [-0.15, -0.1) is 10.2 Å². The Bertz CT molecular complexity index is 481. The van der Waals surface area contributed by atoms with E-state index in [1.165, 1.54) is 6.20 Å². The van der Waals surface area contributed by atoms with Crippen molar-refractivity contribution in [1.29, 1.82) is 0 Å². The molecule has 4 N–H and O–H groups in total. The van der Waals surface area contributed by atoms with Gasteiger partial charge >= 0.3 is 0 Å². The molecule has 8 heteroatoms. The minimum absolute atomic E-state index is 0.172. The van der Waals surface area contributed by atoms with Gasteiger partial charge < -0.3 is 11.1 Å². The van der Waals surface area contributed by atoms with Crippen molar-refractivity contribution in [3.8, 4) is 0 Å². The molecule has 0 atom stereocenters. The fourth-order valence-corrected chi connectivity index (χ4v) is 1.11. The summed E-state index contributed by atoms with van der Waals surface area (Å²) >= 11 is 0. The van der Waals surface area contributed by atoms with E-state index in [0.29, 0.717) is 11.5 Å². The average Bonchev–Trinajstić information content (AvgIpc) is 2.79. The number of tetrazole rings is 1. The van der Waals surface area contributed by atoms with Crippen LogP contribution in [0, 0.1) is 0 Å². The van der Waals surface area contributed by atoms with Crippen LogP contribution in [0.15, 0.2) is 18.3 Å². The molecule has 0 aliphatic carbocycles. The third kappa shape index (κ3) is 2.11. The van der Waals surface area contributed by atoms with E-state index < -0.39 is 0 Å². The summed E-state index contributed by atoms with van der Waals surface area (Å²) < 4.78 is 0. The molecule has 1 amide bonds. The first-order valence-corrected chi connectivity index (χ1v) is 4.48. The van der Waals surface area contributed by atoms with Crippen molar-refractivity contribution in [3.63, 3.8) is 0 Å². The Morgan fingerprint density at radius 2 is 2.44 bits per heavy atom. The van der Waals surface area contributed by atoms with Crippen LogP contribution in [0.25, 0.3) is 0 Å². The fraction of sp³-hybridized carbons (Fsp3) is 0.125. The lowest BCUT2D eigenvalue weighted by molar-refractivity contribution is 0.0946. The highest BCUT2D eigenvalue weighted by atomic mass is 16.1. The number of aromatic amines is 1. The van der Waals surface area contributed by atoms with E-state index in [4.69, 9.17) is 5.73 Å². The molecule has 2 aromatic heterocycles. The van der Waals surface area contributed by atoms with E-state index in [0.717, 1.165) is 0 Å². The summed E-state index contributed by atoms with van der Waals surface area (Å²) in [5, 5.41) is 15.6. The molecule has 0 aliphatic heterocycles. The van der Waals surface area contributed by atoms with Gasteiger partial charge in [0.25, 0.3) is 5.91 Å². The molecule has 2 heterocycles. The Hall–Kier alpha value is -2.51. The molecule has 0 spiro atoms. The molecule has 0 saturated carbocycles. The first-order chi connectivity index (χ1) is 7.77. The zero-order valence-electron chi connectivity index (χ0n) is 8.21. The van der Waals surface area contributed by atoms with Crippen LogP contribution >= 0.6 is 0 Å². The molecule has 0 radical (unpaired) electrons. The molecule has 0 unspecified atom stereocenters. The van der Waals surface area contributed by atoms with Gasteiger partial charge in [0, 0.05) is 6.20 Å². The van der Waals surface area contributed by atoms with Gasteiger partial charge in [0.1, 0.15) is 0 Å². The maximum Gasteiger partial charge on any atom is 0.272 e. The standard InChI is InChI=1S/C8H9N7O/c9-5-2-1-3-10-7(5)8(16)11-4-6-12-14-15-13-6/h1-3H,4,9H2,(H,11,16)(H,12,13,14,15). The number of rotatable bonds is 3. The van der Waals surface area contributed by atoms with Gasteiger partial charge in [-0.05, 0) is 12.1 Å². The van der Waals surface area contributed by atoms with Crippen LogP contribution in [-0.4, -0.2) is 31.5 Å². The number of H-pyrrole nitrogens is 1. The van der Waals surface area contributed by atoms with Crippen molar-refractivity contribution in [1.82, 2.24) is 30.9 Å². The molecule has 8 nitrogen and oxygen atoms in total. The number of nitrogens with two attached hydrogens (primary N) is 1. The van der Waals surface area contributed by atoms with Crippen LogP contribution in [0.5, 0.6) is 0 Å². The van der Waals surface area contributed by atoms with Crippen LogP contribution in [0.1, 0.15) is 16.3 Å². The van der Waals surface area contributed by atoms with Crippen molar-refractivity contribution >= 4 is 11.6 Å². The molecular weight excluding hydrogens is 210 g/mol. The van der Waals surface area contributed by atoms with E-state index in [2.05, 4.69) is 30.9 Å². The number of nitrogens with zero attached hydrogens (tertiary/aromatic N) is 4. The van der Waals surface area contributed by atoms with Crippen LogP contribution in [0.2, 0.25) is 0 Å². The fourth-order valence-electron chi connectivity index (χ4n) is 1.11. The summed E-state index contributed by atoms with van der Waals surface area (Å²) in [6.45, 7) is 0.172. The maximum atomic E-state index is 11.6. The number of aromatic nitrogens is 5. The number of anilines is 1. The lowest BCUT2D eigenvalue weighted by Gasteiger charge is -2.03. The minimum atomic E-state index is -0.372. The predicted molar refractivity (Wildman–Crippen MR) is 54.0 cm³/mol. The minimum Gasteiger partial charge on any atom is -0.397 e. The Morgan fingerprint density at radius 3 is 3.12 bits per heavy atom. The highest BCUT2D eigenvalue weighted by molar-refractivity contribution is 5.96. The zero-order valence-corrected chi connectivity index (χ0v) is 8.21. The van der Waals surface area contributed by atoms with Gasteiger partial charge in [-0.3, -0.25) is 4.79 Å². The molecule has 16 heavy (non-hydrogen) atoms. The van der Waals surface area contributed by atoms with Gasteiger partial charge in [-0.25, -0.2) is 4.98 Å². The van der Waals surface area contributed by atoms with Crippen molar-refractivity contribution in [2.45, 2.75) is 6.54 Å². The number of pyridine rings is 1. The van der Waals surface area contributed by atoms with E-state index >= 15 is 0 Å². The van der Waals surface area contributed by atoms with Gasteiger partial charge in [-0.1, -0.05) is 5.21 Å². The second-order valence-electron chi connectivity index (χ2n) is 2.95. The van der Waals surface area contributed by atoms with E-state index in [1.54, 1.807) is 12.1 Å². The van der Waals surface area contributed by atoms with Gasteiger partial charge in [0.2, 0.25) is 0 Å². The Morgan fingerprint density at radius 1 is 1.56 bits per heavy atom. The summed E-state index contributed by atoms with van der Waals surface area (Å²) in [5.74, 6) is 0.0192. The maximum absolute atomic E-state index is 11.6. The quantitative estimate of drug-likeness (QED) is 0.615. The second-order valence-corrected chi connectivity index (χ2v) is 2.95. The lowest BCUT2D eigenvalue weighted by Crippen LogP contribution is -2.25. The Labute approximate surface area is 90.3 Å². The third-order valence-electron chi connectivity index (χ3n) is 1.85. The second kappa shape index (κ2) is 4.34. The summed E-state index contributed by atoms with van der Waals surface area (Å²) in [6, 6.07) is 3.27. The molecule has 0 bridgehead atoms. The highest BCUT2D eigenvalue weighted by Crippen LogP contribution is 2.06. The van der Waals surface area contributed by atoms with Crippen molar-refractivity contribution in [2.75, 3.05) is 5.73 Å². The summed E-state index contributed by atoms with van der Waals surface area (Å²) in [5.41, 5.74) is 6.11. The molecular formula is C8H9N7O. The highest BCUT2D eigenvalue weighted by Gasteiger charge is 2.10. The monoisotopic (exact) mass is 219 g/mol. The number of carbonyl (C=O) groups excluding carboxylic acids is 1. The molecule has 2 aromatic rings. The van der Waals surface area contributed by atoms with Gasteiger partial charge in [0.05, 0.1) is 12.2 Å². The number of hydrogen-bond acceptors (Lipinski definition) is 6. The Balaban J connectivity index is 2.01.